The van der Waals surface area contributed by atoms with Crippen LogP contribution in [-0.2, 0) is 10.1 Å². The first-order chi connectivity index (χ1) is 10.9. The normalized spacial score (nSPS) is 14.9. The van der Waals surface area contributed by atoms with Crippen LogP contribution in [0.1, 0.15) is 0 Å². The average molecular weight is 353 g/mol. The minimum atomic E-state index is -4.36. The molecule has 0 spiro atoms. The van der Waals surface area contributed by atoms with Crippen LogP contribution in [0.2, 0.25) is 5.02 Å². The zero-order valence-electron chi connectivity index (χ0n) is 11.9. The first-order valence-electron chi connectivity index (χ1n) is 6.80. The van der Waals surface area contributed by atoms with E-state index in [1.54, 1.807) is 24.3 Å². The van der Waals surface area contributed by atoms with Crippen molar-refractivity contribution < 1.29 is 17.8 Å². The largest absolute Gasteiger partial charge is 0.336 e. The number of amides is 2. The molecule has 1 aliphatic rings. The quantitative estimate of drug-likeness (QED) is 0.831. The molecule has 1 aliphatic heterocycles. The smallest absolute Gasteiger partial charge is 0.322 e. The van der Waals surface area contributed by atoms with Crippen LogP contribution in [0, 0.1) is 0 Å². The van der Waals surface area contributed by atoms with E-state index in [4.69, 9.17) is 11.6 Å². The molecule has 0 atom stereocenters. The highest BCUT2D eigenvalue weighted by Crippen LogP contribution is 2.37. The molecule has 2 amide bonds. The topological polar surface area (TPSA) is 86.7 Å². The van der Waals surface area contributed by atoms with Gasteiger partial charge in [0.25, 0.3) is 10.1 Å². The summed E-state index contributed by atoms with van der Waals surface area (Å²) in [6.07, 6.45) is 0. The van der Waals surface area contributed by atoms with Gasteiger partial charge in [0, 0.05) is 29.2 Å². The van der Waals surface area contributed by atoms with Crippen molar-refractivity contribution in [2.75, 3.05) is 18.0 Å². The predicted octanol–water partition coefficient (Wildman–Crippen LogP) is 2.78. The first-order valence-corrected chi connectivity index (χ1v) is 8.61. The number of nitrogens with one attached hydrogen (secondary N) is 1. The fourth-order valence-electron chi connectivity index (χ4n) is 2.51. The molecule has 0 unspecified atom stereocenters. The third-order valence-corrected chi connectivity index (χ3v) is 4.76. The third-order valence-electron chi connectivity index (χ3n) is 3.58. The number of hydrogen-bond donors (Lipinski definition) is 2. The Morgan fingerprint density at radius 1 is 1.13 bits per heavy atom. The Hall–Kier alpha value is -2.09. The van der Waals surface area contributed by atoms with Gasteiger partial charge in [-0.2, -0.15) is 8.42 Å². The van der Waals surface area contributed by atoms with Crippen molar-refractivity contribution in [3.63, 3.8) is 0 Å². The molecule has 3 rings (SSSR count). The number of rotatable bonds is 3. The molecular weight excluding hydrogens is 340 g/mol. The highest BCUT2D eigenvalue weighted by atomic mass is 35.5. The van der Waals surface area contributed by atoms with E-state index >= 15 is 0 Å². The second kappa shape index (κ2) is 5.84. The number of halogens is 1. The van der Waals surface area contributed by atoms with E-state index in [9.17, 15) is 17.8 Å². The van der Waals surface area contributed by atoms with Gasteiger partial charge in [0.05, 0.1) is 10.6 Å². The van der Waals surface area contributed by atoms with Gasteiger partial charge in [0.1, 0.15) is 0 Å². The number of carbonyl (C=O) groups is 1. The maximum Gasteiger partial charge on any atom is 0.322 e. The summed E-state index contributed by atoms with van der Waals surface area (Å²) in [6.45, 7) is 0.961. The van der Waals surface area contributed by atoms with Crippen molar-refractivity contribution in [2.45, 2.75) is 4.90 Å². The van der Waals surface area contributed by atoms with E-state index in [1.165, 1.54) is 23.1 Å². The Bertz CT molecular complexity index is 883. The molecular formula is C15H13ClN2O4S. The van der Waals surface area contributed by atoms with Crippen molar-refractivity contribution in [2.24, 2.45) is 0 Å². The highest BCUT2D eigenvalue weighted by Gasteiger charge is 2.25. The Morgan fingerprint density at radius 2 is 1.87 bits per heavy atom. The second-order valence-corrected chi connectivity index (χ2v) is 6.85. The fourth-order valence-corrected chi connectivity index (χ4v) is 3.25. The van der Waals surface area contributed by atoms with Crippen molar-refractivity contribution in [3.05, 3.63) is 47.5 Å². The minimum Gasteiger partial charge on any atom is -0.336 e. The SMILES string of the molecule is O=C1NCCN1c1ccc(S(=O)(=O)O)cc1-c1ccccc1Cl. The lowest BCUT2D eigenvalue weighted by Crippen LogP contribution is -2.28. The van der Waals surface area contributed by atoms with Gasteiger partial charge < -0.3 is 5.32 Å². The van der Waals surface area contributed by atoms with E-state index in [2.05, 4.69) is 5.32 Å². The summed E-state index contributed by atoms with van der Waals surface area (Å²) in [7, 11) is -4.36. The van der Waals surface area contributed by atoms with Crippen LogP contribution < -0.4 is 10.2 Å². The van der Waals surface area contributed by atoms with Gasteiger partial charge in [-0.1, -0.05) is 29.8 Å². The molecule has 23 heavy (non-hydrogen) atoms. The monoisotopic (exact) mass is 352 g/mol. The number of hydrogen-bond acceptors (Lipinski definition) is 3. The lowest BCUT2D eigenvalue weighted by atomic mass is 10.0. The van der Waals surface area contributed by atoms with Crippen LogP contribution in [0.3, 0.4) is 0 Å². The molecule has 1 fully saturated rings. The number of urea groups is 1. The summed E-state index contributed by atoms with van der Waals surface area (Å²) in [5, 5.41) is 3.11. The maximum absolute atomic E-state index is 11.9. The average Bonchev–Trinajstić information content (AvgIpc) is 2.92. The highest BCUT2D eigenvalue weighted by molar-refractivity contribution is 7.85. The summed E-state index contributed by atoms with van der Waals surface area (Å²) in [5.74, 6) is 0. The molecule has 6 nitrogen and oxygen atoms in total. The zero-order chi connectivity index (χ0) is 16.6. The predicted molar refractivity (Wildman–Crippen MR) is 87.4 cm³/mol. The Kier molecular flexibility index (Phi) is 4.01. The van der Waals surface area contributed by atoms with Gasteiger partial charge in [-0.25, -0.2) is 4.79 Å². The van der Waals surface area contributed by atoms with E-state index < -0.39 is 10.1 Å². The van der Waals surface area contributed by atoms with Gasteiger partial charge >= 0.3 is 6.03 Å². The van der Waals surface area contributed by atoms with Crippen molar-refractivity contribution in [1.82, 2.24) is 5.32 Å². The summed E-state index contributed by atoms with van der Waals surface area (Å²) in [6, 6.07) is 10.7. The van der Waals surface area contributed by atoms with Gasteiger partial charge in [-0.15, -0.1) is 0 Å². The number of anilines is 1. The van der Waals surface area contributed by atoms with Crippen LogP contribution in [0.4, 0.5) is 10.5 Å². The van der Waals surface area contributed by atoms with E-state index in [1.807, 2.05) is 0 Å². The molecule has 0 aliphatic carbocycles. The molecule has 0 saturated carbocycles. The number of nitrogens with zero attached hydrogens (tertiary/aromatic N) is 1. The molecule has 2 N–H and O–H groups in total. The molecule has 2 aromatic carbocycles. The van der Waals surface area contributed by atoms with Gasteiger partial charge in [0.15, 0.2) is 0 Å². The van der Waals surface area contributed by atoms with E-state index in [0.717, 1.165) is 0 Å². The molecule has 1 heterocycles. The molecule has 2 aromatic rings. The molecule has 0 radical (unpaired) electrons. The van der Waals surface area contributed by atoms with Gasteiger partial charge in [0.2, 0.25) is 0 Å². The second-order valence-electron chi connectivity index (χ2n) is 5.02. The van der Waals surface area contributed by atoms with Crippen LogP contribution in [-0.4, -0.2) is 32.1 Å². The number of carbonyl (C=O) groups excluding carboxylic acids is 1. The maximum atomic E-state index is 11.9. The van der Waals surface area contributed by atoms with Crippen LogP contribution in [0.25, 0.3) is 11.1 Å². The van der Waals surface area contributed by atoms with Crippen LogP contribution >= 0.6 is 11.6 Å². The minimum absolute atomic E-state index is 0.254. The molecule has 1 saturated heterocycles. The van der Waals surface area contributed by atoms with E-state index in [0.29, 0.717) is 34.9 Å². The first kappa shape index (κ1) is 15.8. The summed E-state index contributed by atoms with van der Waals surface area (Å²) < 4.78 is 32.1. The lowest BCUT2D eigenvalue weighted by Gasteiger charge is -2.20. The van der Waals surface area contributed by atoms with Crippen molar-refractivity contribution in [3.8, 4) is 11.1 Å². The molecule has 8 heteroatoms. The van der Waals surface area contributed by atoms with Crippen LogP contribution in [0.15, 0.2) is 47.4 Å². The van der Waals surface area contributed by atoms with Crippen molar-refractivity contribution in [1.29, 1.82) is 0 Å². The molecule has 0 aromatic heterocycles. The third kappa shape index (κ3) is 3.03. The Morgan fingerprint density at radius 3 is 2.48 bits per heavy atom. The molecule has 120 valence electrons. The summed E-state index contributed by atoms with van der Waals surface area (Å²) in [4.78, 5) is 13.2. The zero-order valence-corrected chi connectivity index (χ0v) is 13.4. The Labute approximate surface area is 138 Å². The van der Waals surface area contributed by atoms with Crippen LogP contribution in [0.5, 0.6) is 0 Å². The number of benzene rings is 2. The molecule has 0 bridgehead atoms. The van der Waals surface area contributed by atoms with Gasteiger partial charge in [-0.05, 0) is 24.3 Å². The Balaban J connectivity index is 2.24. The fraction of sp³-hybridized carbons (Fsp3) is 0.133. The van der Waals surface area contributed by atoms with E-state index in [-0.39, 0.29) is 10.9 Å². The lowest BCUT2D eigenvalue weighted by molar-refractivity contribution is 0.252. The summed E-state index contributed by atoms with van der Waals surface area (Å²) in [5.41, 5.74) is 1.57. The standard InChI is InChI=1S/C15H13ClN2O4S/c16-13-4-2-1-3-11(13)12-9-10(23(20,21)22)5-6-14(12)18-8-7-17-15(18)19/h1-6,9H,7-8H2,(H,17,19)(H,20,21,22). The van der Waals surface area contributed by atoms with Crippen molar-refractivity contribution >= 4 is 33.4 Å². The summed E-state index contributed by atoms with van der Waals surface area (Å²) >= 11 is 6.21. The van der Waals surface area contributed by atoms with Gasteiger partial charge in [-0.3, -0.25) is 9.45 Å².